The van der Waals surface area contributed by atoms with Crippen molar-refractivity contribution in [2.45, 2.75) is 32.5 Å². The lowest BCUT2D eigenvalue weighted by atomic mass is 10.2. The maximum absolute atomic E-state index is 12.4. The summed E-state index contributed by atoms with van der Waals surface area (Å²) in [4.78, 5) is 16.5. The van der Waals surface area contributed by atoms with E-state index in [1.165, 1.54) is 5.56 Å². The molecule has 4 rings (SSSR count). The Labute approximate surface area is 135 Å². The zero-order valence-electron chi connectivity index (χ0n) is 13.2. The van der Waals surface area contributed by atoms with Crippen molar-refractivity contribution in [1.82, 2.24) is 24.6 Å². The second kappa shape index (κ2) is 6.12. The molecule has 1 saturated heterocycles. The van der Waals surface area contributed by atoms with Crippen LogP contribution in [0.2, 0.25) is 0 Å². The minimum atomic E-state index is 0.196. The summed E-state index contributed by atoms with van der Waals surface area (Å²) >= 11 is 0. The molecule has 1 aromatic carbocycles. The van der Waals surface area contributed by atoms with Gasteiger partial charge in [-0.3, -0.25) is 9.69 Å². The molecule has 1 aromatic heterocycles. The van der Waals surface area contributed by atoms with Crippen LogP contribution in [0.5, 0.6) is 0 Å². The fourth-order valence-electron chi connectivity index (χ4n) is 3.39. The van der Waals surface area contributed by atoms with Gasteiger partial charge in [0.05, 0.1) is 13.1 Å². The molecule has 2 aliphatic rings. The molecule has 0 N–H and O–H groups in total. The van der Waals surface area contributed by atoms with Gasteiger partial charge in [-0.25, -0.2) is 0 Å². The van der Waals surface area contributed by atoms with Crippen molar-refractivity contribution in [3.05, 3.63) is 47.5 Å². The molecule has 0 saturated carbocycles. The first-order valence-corrected chi connectivity index (χ1v) is 8.24. The summed E-state index contributed by atoms with van der Waals surface area (Å²) in [6.07, 6.45) is 2.18. The number of piperazine rings is 1. The van der Waals surface area contributed by atoms with Crippen LogP contribution >= 0.6 is 0 Å². The van der Waals surface area contributed by atoms with Gasteiger partial charge < -0.3 is 9.47 Å². The minimum Gasteiger partial charge on any atom is -0.336 e. The Morgan fingerprint density at radius 3 is 2.70 bits per heavy atom. The number of hydrogen-bond donors (Lipinski definition) is 0. The van der Waals surface area contributed by atoms with Crippen LogP contribution in [0.25, 0.3) is 0 Å². The zero-order valence-corrected chi connectivity index (χ0v) is 13.2. The molecule has 3 heterocycles. The first-order valence-electron chi connectivity index (χ1n) is 8.24. The number of benzene rings is 1. The van der Waals surface area contributed by atoms with Crippen LogP contribution in [0.4, 0.5) is 0 Å². The average Bonchev–Trinajstić information content (AvgIpc) is 3.16. The molecule has 23 heavy (non-hydrogen) atoms. The van der Waals surface area contributed by atoms with Gasteiger partial charge in [-0.15, -0.1) is 10.2 Å². The largest absolute Gasteiger partial charge is 0.336 e. The lowest BCUT2D eigenvalue weighted by Crippen LogP contribution is -2.49. The predicted molar refractivity (Wildman–Crippen MR) is 85.5 cm³/mol. The van der Waals surface area contributed by atoms with Crippen molar-refractivity contribution in [1.29, 1.82) is 0 Å². The predicted octanol–water partition coefficient (Wildman–Crippen LogP) is 1.07. The summed E-state index contributed by atoms with van der Waals surface area (Å²) < 4.78 is 2.21. The van der Waals surface area contributed by atoms with Crippen LogP contribution < -0.4 is 0 Å². The summed E-state index contributed by atoms with van der Waals surface area (Å²) in [5.41, 5.74) is 1.18. The molecular formula is C17H21N5O. The van der Waals surface area contributed by atoms with Gasteiger partial charge in [0.2, 0.25) is 5.91 Å². The lowest BCUT2D eigenvalue weighted by molar-refractivity contribution is -0.136. The van der Waals surface area contributed by atoms with Crippen molar-refractivity contribution in [3.8, 4) is 0 Å². The third-order valence-electron chi connectivity index (χ3n) is 4.67. The normalized spacial score (nSPS) is 18.4. The highest BCUT2D eigenvalue weighted by Crippen LogP contribution is 2.17. The minimum absolute atomic E-state index is 0.196. The summed E-state index contributed by atoms with van der Waals surface area (Å²) in [6, 6.07) is 10.2. The van der Waals surface area contributed by atoms with E-state index in [1.54, 1.807) is 0 Å². The van der Waals surface area contributed by atoms with Crippen LogP contribution in [-0.2, 0) is 30.8 Å². The number of carbonyl (C=O) groups excluding carboxylic acids is 1. The number of nitrogens with zero attached hydrogens (tertiary/aromatic N) is 5. The maximum atomic E-state index is 12.4. The van der Waals surface area contributed by atoms with Gasteiger partial charge in [0, 0.05) is 32.6 Å². The smallest absolute Gasteiger partial charge is 0.237 e. The van der Waals surface area contributed by atoms with Crippen LogP contribution in [0.1, 0.15) is 23.6 Å². The van der Waals surface area contributed by atoms with Gasteiger partial charge in [0.25, 0.3) is 0 Å². The first-order chi connectivity index (χ1) is 11.3. The van der Waals surface area contributed by atoms with Gasteiger partial charge in [-0.1, -0.05) is 30.3 Å². The Morgan fingerprint density at radius 1 is 1.00 bits per heavy atom. The molecule has 2 aliphatic heterocycles. The molecule has 0 atom stereocenters. The van der Waals surface area contributed by atoms with E-state index in [1.807, 2.05) is 23.1 Å². The van der Waals surface area contributed by atoms with Gasteiger partial charge in [0.1, 0.15) is 11.6 Å². The number of hydrogen-bond acceptors (Lipinski definition) is 4. The lowest BCUT2D eigenvalue weighted by Gasteiger charge is -2.34. The molecule has 6 nitrogen and oxygen atoms in total. The number of aryl methyl sites for hydroxylation is 1. The molecular weight excluding hydrogens is 290 g/mol. The molecule has 1 amide bonds. The van der Waals surface area contributed by atoms with E-state index < -0.39 is 0 Å². The van der Waals surface area contributed by atoms with Crippen molar-refractivity contribution in [3.63, 3.8) is 0 Å². The third kappa shape index (κ3) is 2.99. The summed E-state index contributed by atoms with van der Waals surface area (Å²) in [5.74, 6) is 2.29. The Morgan fingerprint density at radius 2 is 1.87 bits per heavy atom. The highest BCUT2D eigenvalue weighted by Gasteiger charge is 2.26. The average molecular weight is 311 g/mol. The second-order valence-corrected chi connectivity index (χ2v) is 6.30. The molecule has 1 fully saturated rings. The van der Waals surface area contributed by atoms with E-state index >= 15 is 0 Å². The van der Waals surface area contributed by atoms with Crippen LogP contribution in [-0.4, -0.2) is 50.1 Å². The van der Waals surface area contributed by atoms with Crippen LogP contribution in [0.15, 0.2) is 30.3 Å². The molecule has 0 aliphatic carbocycles. The number of fused-ring (bicyclic) bond motifs is 1. The number of rotatable bonds is 4. The second-order valence-electron chi connectivity index (χ2n) is 6.30. The molecule has 0 radical (unpaired) electrons. The Kier molecular flexibility index (Phi) is 3.83. The topological polar surface area (TPSA) is 54.3 Å². The molecule has 0 bridgehead atoms. The van der Waals surface area contributed by atoms with E-state index in [0.29, 0.717) is 13.1 Å². The summed E-state index contributed by atoms with van der Waals surface area (Å²) in [7, 11) is 0. The number of amides is 1. The maximum Gasteiger partial charge on any atom is 0.237 e. The Hall–Kier alpha value is -2.21. The number of carbonyl (C=O) groups is 1. The molecule has 120 valence electrons. The van der Waals surface area contributed by atoms with E-state index in [9.17, 15) is 4.79 Å². The fourth-order valence-corrected chi connectivity index (χ4v) is 3.39. The van der Waals surface area contributed by atoms with Crippen LogP contribution in [0, 0.1) is 0 Å². The summed E-state index contributed by atoms with van der Waals surface area (Å²) in [6.45, 7) is 4.57. The highest BCUT2D eigenvalue weighted by molar-refractivity contribution is 5.79. The van der Waals surface area contributed by atoms with Crippen molar-refractivity contribution in [2.75, 3.05) is 19.6 Å². The van der Waals surface area contributed by atoms with E-state index in [2.05, 4.69) is 31.8 Å². The molecule has 0 spiro atoms. The first kappa shape index (κ1) is 14.4. The quantitative estimate of drug-likeness (QED) is 0.847. The zero-order chi connectivity index (χ0) is 15.6. The van der Waals surface area contributed by atoms with Gasteiger partial charge in [-0.05, 0) is 12.0 Å². The Balaban J connectivity index is 1.36. The van der Waals surface area contributed by atoms with Crippen LogP contribution in [0.3, 0.4) is 0 Å². The van der Waals surface area contributed by atoms with Crippen molar-refractivity contribution < 1.29 is 4.79 Å². The SMILES string of the molecule is O=C1CN(Cc2nnc3n2CCC3)CCN1Cc1ccccc1. The number of aromatic nitrogens is 3. The van der Waals surface area contributed by atoms with Gasteiger partial charge in [-0.2, -0.15) is 0 Å². The molecule has 0 unspecified atom stereocenters. The molecule has 2 aromatic rings. The third-order valence-corrected chi connectivity index (χ3v) is 4.67. The Bertz CT molecular complexity index is 696. The van der Waals surface area contributed by atoms with Crippen molar-refractivity contribution >= 4 is 5.91 Å². The van der Waals surface area contributed by atoms with E-state index in [-0.39, 0.29) is 5.91 Å². The van der Waals surface area contributed by atoms with E-state index in [4.69, 9.17) is 0 Å². The van der Waals surface area contributed by atoms with Crippen molar-refractivity contribution in [2.24, 2.45) is 0 Å². The van der Waals surface area contributed by atoms with Gasteiger partial charge >= 0.3 is 0 Å². The summed E-state index contributed by atoms with van der Waals surface area (Å²) in [5, 5.41) is 8.53. The monoisotopic (exact) mass is 311 g/mol. The molecule has 6 heteroatoms. The fraction of sp³-hybridized carbons (Fsp3) is 0.471. The van der Waals surface area contributed by atoms with Gasteiger partial charge in [0.15, 0.2) is 0 Å². The van der Waals surface area contributed by atoms with E-state index in [0.717, 1.165) is 50.7 Å². The highest BCUT2D eigenvalue weighted by atomic mass is 16.2. The standard InChI is InChI=1S/C17H21N5O/c23-17-13-20(12-16-19-18-15-7-4-8-22(15)16)9-10-21(17)11-14-5-2-1-3-6-14/h1-3,5-6H,4,7-13H2.